The number of carbonyl (C=O) groups excluding carboxylic acids is 1. The second-order valence-electron chi connectivity index (χ2n) is 6.80. The summed E-state index contributed by atoms with van der Waals surface area (Å²) >= 11 is 5.99. The van der Waals surface area contributed by atoms with Crippen molar-refractivity contribution in [3.63, 3.8) is 0 Å². The lowest BCUT2D eigenvalue weighted by molar-refractivity contribution is 0.102. The molecule has 1 heterocycles. The molecular weight excluding hydrogens is 372 g/mol. The highest BCUT2D eigenvalue weighted by molar-refractivity contribution is 6.30. The van der Waals surface area contributed by atoms with Crippen LogP contribution in [0.25, 0.3) is 0 Å². The molecule has 0 aliphatic carbocycles. The van der Waals surface area contributed by atoms with Crippen molar-refractivity contribution < 1.29 is 4.79 Å². The highest BCUT2D eigenvalue weighted by atomic mass is 35.5. The number of para-hydroxylation sites is 1. The molecular formula is C22H23ClN4O. The molecule has 0 fully saturated rings. The standard InChI is InChI=1S/C22H23ClN4O/c1-15(2)19-8-3-4-9-20(19)27-21(28)17-13-25-22(26-14-17)24-11-10-16-6-5-7-18(23)12-16/h3-9,12-15H,10-11H2,1-2H3,(H,27,28)(H,24,25,26). The predicted octanol–water partition coefficient (Wildman–Crippen LogP) is 5.16. The van der Waals surface area contributed by atoms with Crippen molar-refractivity contribution in [1.29, 1.82) is 0 Å². The maximum atomic E-state index is 12.5. The van der Waals surface area contributed by atoms with Crippen LogP contribution in [-0.4, -0.2) is 22.4 Å². The molecule has 0 saturated heterocycles. The number of aromatic nitrogens is 2. The quantitative estimate of drug-likeness (QED) is 0.580. The van der Waals surface area contributed by atoms with Crippen molar-refractivity contribution in [2.24, 2.45) is 0 Å². The minimum absolute atomic E-state index is 0.224. The summed E-state index contributed by atoms with van der Waals surface area (Å²) < 4.78 is 0. The molecule has 0 atom stereocenters. The Balaban J connectivity index is 1.57. The van der Waals surface area contributed by atoms with Gasteiger partial charge in [-0.2, -0.15) is 0 Å². The largest absolute Gasteiger partial charge is 0.354 e. The van der Waals surface area contributed by atoms with Gasteiger partial charge in [-0.05, 0) is 41.7 Å². The van der Waals surface area contributed by atoms with Gasteiger partial charge in [0, 0.05) is 29.6 Å². The fraction of sp³-hybridized carbons (Fsp3) is 0.227. The number of amides is 1. The van der Waals surface area contributed by atoms with Gasteiger partial charge in [0.05, 0.1) is 5.56 Å². The number of carbonyl (C=O) groups is 1. The van der Waals surface area contributed by atoms with Crippen LogP contribution >= 0.6 is 11.6 Å². The van der Waals surface area contributed by atoms with E-state index in [1.807, 2.05) is 48.5 Å². The lowest BCUT2D eigenvalue weighted by atomic mass is 10.0. The van der Waals surface area contributed by atoms with Crippen LogP contribution in [-0.2, 0) is 6.42 Å². The fourth-order valence-corrected chi connectivity index (χ4v) is 3.07. The first-order valence-corrected chi connectivity index (χ1v) is 9.61. The molecule has 2 N–H and O–H groups in total. The van der Waals surface area contributed by atoms with E-state index in [1.165, 1.54) is 12.4 Å². The minimum atomic E-state index is -0.224. The van der Waals surface area contributed by atoms with Crippen LogP contribution in [0.5, 0.6) is 0 Å². The first kappa shape index (κ1) is 19.8. The molecule has 0 aliphatic heterocycles. The third-order valence-electron chi connectivity index (χ3n) is 4.33. The molecule has 0 radical (unpaired) electrons. The third-order valence-corrected chi connectivity index (χ3v) is 4.57. The van der Waals surface area contributed by atoms with Gasteiger partial charge in [0.15, 0.2) is 0 Å². The summed E-state index contributed by atoms with van der Waals surface area (Å²) in [5.74, 6) is 0.582. The molecule has 0 bridgehead atoms. The molecule has 2 aromatic carbocycles. The number of anilines is 2. The van der Waals surface area contributed by atoms with E-state index in [0.717, 1.165) is 28.3 Å². The van der Waals surface area contributed by atoms with Crippen molar-refractivity contribution in [3.05, 3.63) is 82.6 Å². The Morgan fingerprint density at radius 3 is 2.54 bits per heavy atom. The van der Waals surface area contributed by atoms with Gasteiger partial charge in [-0.15, -0.1) is 0 Å². The van der Waals surface area contributed by atoms with Crippen molar-refractivity contribution >= 4 is 29.1 Å². The van der Waals surface area contributed by atoms with Crippen LogP contribution in [0.3, 0.4) is 0 Å². The van der Waals surface area contributed by atoms with Crippen LogP contribution in [0, 0.1) is 0 Å². The van der Waals surface area contributed by atoms with Gasteiger partial charge in [0.1, 0.15) is 0 Å². The van der Waals surface area contributed by atoms with Gasteiger partial charge in [-0.1, -0.05) is 55.8 Å². The molecule has 1 aromatic heterocycles. The molecule has 0 saturated carbocycles. The van der Waals surface area contributed by atoms with Gasteiger partial charge in [-0.25, -0.2) is 9.97 Å². The van der Waals surface area contributed by atoms with Gasteiger partial charge in [-0.3, -0.25) is 4.79 Å². The summed E-state index contributed by atoms with van der Waals surface area (Å²) in [5.41, 5.74) is 3.46. The second-order valence-corrected chi connectivity index (χ2v) is 7.23. The van der Waals surface area contributed by atoms with E-state index in [9.17, 15) is 4.79 Å². The van der Waals surface area contributed by atoms with E-state index in [0.29, 0.717) is 24.0 Å². The first-order chi connectivity index (χ1) is 13.5. The second kappa shape index (κ2) is 9.33. The monoisotopic (exact) mass is 394 g/mol. The summed E-state index contributed by atoms with van der Waals surface area (Å²) in [6, 6.07) is 15.5. The van der Waals surface area contributed by atoms with E-state index < -0.39 is 0 Å². The Hall–Kier alpha value is -2.92. The number of nitrogens with zero attached hydrogens (tertiary/aromatic N) is 2. The molecule has 1 amide bonds. The number of hydrogen-bond acceptors (Lipinski definition) is 4. The van der Waals surface area contributed by atoms with Crippen LogP contribution in [0.2, 0.25) is 5.02 Å². The Morgan fingerprint density at radius 2 is 1.82 bits per heavy atom. The van der Waals surface area contributed by atoms with E-state index in [1.54, 1.807) is 0 Å². The lowest BCUT2D eigenvalue weighted by Gasteiger charge is -2.13. The normalized spacial score (nSPS) is 10.7. The minimum Gasteiger partial charge on any atom is -0.354 e. The SMILES string of the molecule is CC(C)c1ccccc1NC(=O)c1cnc(NCCc2cccc(Cl)c2)nc1. The number of nitrogens with one attached hydrogen (secondary N) is 2. The molecule has 144 valence electrons. The van der Waals surface area contributed by atoms with Gasteiger partial charge in [0.25, 0.3) is 5.91 Å². The van der Waals surface area contributed by atoms with Crippen molar-refractivity contribution in [2.75, 3.05) is 17.2 Å². The summed E-state index contributed by atoms with van der Waals surface area (Å²) in [7, 11) is 0. The third kappa shape index (κ3) is 5.30. The number of hydrogen-bond donors (Lipinski definition) is 2. The average Bonchev–Trinajstić information content (AvgIpc) is 2.69. The summed E-state index contributed by atoms with van der Waals surface area (Å²) in [6.45, 7) is 4.86. The fourth-order valence-electron chi connectivity index (χ4n) is 2.86. The zero-order valence-electron chi connectivity index (χ0n) is 15.9. The average molecular weight is 395 g/mol. The van der Waals surface area contributed by atoms with Crippen molar-refractivity contribution in [2.45, 2.75) is 26.2 Å². The Morgan fingerprint density at radius 1 is 1.07 bits per heavy atom. The highest BCUT2D eigenvalue weighted by Gasteiger charge is 2.11. The Labute approximate surface area is 170 Å². The topological polar surface area (TPSA) is 66.9 Å². The van der Waals surface area contributed by atoms with Crippen molar-refractivity contribution in [1.82, 2.24) is 9.97 Å². The Kier molecular flexibility index (Phi) is 6.61. The van der Waals surface area contributed by atoms with E-state index >= 15 is 0 Å². The molecule has 0 spiro atoms. The molecule has 3 aromatic rings. The first-order valence-electron chi connectivity index (χ1n) is 9.23. The highest BCUT2D eigenvalue weighted by Crippen LogP contribution is 2.24. The summed E-state index contributed by atoms with van der Waals surface area (Å²) in [4.78, 5) is 21.0. The number of rotatable bonds is 7. The Bertz CT molecular complexity index is 941. The summed E-state index contributed by atoms with van der Waals surface area (Å²) in [5, 5.41) is 6.83. The molecule has 6 heteroatoms. The molecule has 0 aliphatic rings. The molecule has 28 heavy (non-hydrogen) atoms. The smallest absolute Gasteiger partial charge is 0.258 e. The lowest BCUT2D eigenvalue weighted by Crippen LogP contribution is -2.15. The van der Waals surface area contributed by atoms with Crippen LogP contribution in [0.15, 0.2) is 60.9 Å². The van der Waals surface area contributed by atoms with Gasteiger partial charge in [0.2, 0.25) is 5.95 Å². The number of halogens is 1. The van der Waals surface area contributed by atoms with Crippen LogP contribution in [0.4, 0.5) is 11.6 Å². The molecule has 0 unspecified atom stereocenters. The summed E-state index contributed by atoms with van der Waals surface area (Å²) in [6.07, 6.45) is 3.86. The van der Waals surface area contributed by atoms with E-state index in [4.69, 9.17) is 11.6 Å². The molecule has 3 rings (SSSR count). The number of benzene rings is 2. The predicted molar refractivity (Wildman–Crippen MR) is 114 cm³/mol. The van der Waals surface area contributed by atoms with Crippen molar-refractivity contribution in [3.8, 4) is 0 Å². The maximum absolute atomic E-state index is 12.5. The van der Waals surface area contributed by atoms with Crippen LogP contribution in [0.1, 0.15) is 41.3 Å². The van der Waals surface area contributed by atoms with E-state index in [2.05, 4.69) is 34.4 Å². The maximum Gasteiger partial charge on any atom is 0.258 e. The van der Waals surface area contributed by atoms with Gasteiger partial charge < -0.3 is 10.6 Å². The van der Waals surface area contributed by atoms with Gasteiger partial charge >= 0.3 is 0 Å². The zero-order valence-corrected chi connectivity index (χ0v) is 16.7. The van der Waals surface area contributed by atoms with E-state index in [-0.39, 0.29) is 5.91 Å². The molecule has 5 nitrogen and oxygen atoms in total. The zero-order chi connectivity index (χ0) is 19.9. The van der Waals surface area contributed by atoms with Crippen LogP contribution < -0.4 is 10.6 Å².